The van der Waals surface area contributed by atoms with Gasteiger partial charge in [0, 0.05) is 21.1 Å². The van der Waals surface area contributed by atoms with Crippen LogP contribution in [0.2, 0.25) is 0 Å². The lowest BCUT2D eigenvalue weighted by atomic mass is 10.2. The fourth-order valence-electron chi connectivity index (χ4n) is 1.74. The highest BCUT2D eigenvalue weighted by atomic mass is 79.9. The Hall–Kier alpha value is -1.39. The molecular weight excluding hydrogens is 296 g/mol. The molecule has 0 fully saturated rings. The molecule has 2 aromatic heterocycles. The van der Waals surface area contributed by atoms with Crippen molar-refractivity contribution in [2.75, 3.05) is 5.73 Å². The molecule has 2 N–H and O–H groups in total. The first-order valence-corrected chi connectivity index (χ1v) is 6.75. The van der Waals surface area contributed by atoms with E-state index in [-0.39, 0.29) is 0 Å². The fourth-order valence-corrected chi connectivity index (χ4v) is 3.39. The average Bonchev–Trinajstić information content (AvgIpc) is 2.74. The molecule has 1 aromatic carbocycles. The van der Waals surface area contributed by atoms with Gasteiger partial charge in [-0.3, -0.25) is 4.98 Å². The van der Waals surface area contributed by atoms with Gasteiger partial charge >= 0.3 is 0 Å². The SMILES string of the molecule is Nc1ccnc(-c2cc3cccc(Br)c3s2)c1. The lowest BCUT2D eigenvalue weighted by molar-refractivity contribution is 1.34. The van der Waals surface area contributed by atoms with E-state index in [9.17, 15) is 0 Å². The summed E-state index contributed by atoms with van der Waals surface area (Å²) in [5.41, 5.74) is 7.45. The van der Waals surface area contributed by atoms with Crippen LogP contribution in [0.5, 0.6) is 0 Å². The molecule has 3 rings (SSSR count). The van der Waals surface area contributed by atoms with Gasteiger partial charge in [0.05, 0.1) is 10.6 Å². The molecule has 0 unspecified atom stereocenters. The number of rotatable bonds is 1. The predicted octanol–water partition coefficient (Wildman–Crippen LogP) is 4.31. The molecule has 0 saturated carbocycles. The number of benzene rings is 1. The van der Waals surface area contributed by atoms with Crippen LogP contribution in [0.25, 0.3) is 20.7 Å². The largest absolute Gasteiger partial charge is 0.399 e. The second kappa shape index (κ2) is 4.13. The van der Waals surface area contributed by atoms with Crippen LogP contribution >= 0.6 is 27.3 Å². The van der Waals surface area contributed by atoms with Crippen molar-refractivity contribution in [3.63, 3.8) is 0 Å². The third-order valence-electron chi connectivity index (χ3n) is 2.53. The Morgan fingerprint density at radius 1 is 1.18 bits per heavy atom. The fraction of sp³-hybridized carbons (Fsp3) is 0. The number of nitrogen functional groups attached to an aromatic ring is 1. The van der Waals surface area contributed by atoms with Crippen molar-refractivity contribution in [3.05, 3.63) is 47.1 Å². The van der Waals surface area contributed by atoms with E-state index in [1.165, 1.54) is 10.1 Å². The van der Waals surface area contributed by atoms with Crippen LogP contribution in [0, 0.1) is 0 Å². The molecule has 2 nitrogen and oxygen atoms in total. The van der Waals surface area contributed by atoms with Gasteiger partial charge in [0.25, 0.3) is 0 Å². The zero-order valence-electron chi connectivity index (χ0n) is 8.85. The van der Waals surface area contributed by atoms with Gasteiger partial charge in [-0.1, -0.05) is 12.1 Å². The number of nitrogens with zero attached hydrogens (tertiary/aromatic N) is 1. The maximum Gasteiger partial charge on any atom is 0.0822 e. The van der Waals surface area contributed by atoms with Crippen LogP contribution < -0.4 is 5.73 Å². The van der Waals surface area contributed by atoms with E-state index in [1.807, 2.05) is 12.1 Å². The minimum absolute atomic E-state index is 0.742. The monoisotopic (exact) mass is 304 g/mol. The quantitative estimate of drug-likeness (QED) is 0.727. The number of fused-ring (bicyclic) bond motifs is 1. The first-order valence-electron chi connectivity index (χ1n) is 5.14. The number of aromatic nitrogens is 1. The van der Waals surface area contributed by atoms with Crippen LogP contribution in [0.1, 0.15) is 0 Å². The second-order valence-corrected chi connectivity index (χ2v) is 5.65. The highest BCUT2D eigenvalue weighted by molar-refractivity contribution is 9.10. The summed E-state index contributed by atoms with van der Waals surface area (Å²) in [6.07, 6.45) is 1.74. The van der Waals surface area contributed by atoms with Crippen molar-refractivity contribution in [2.24, 2.45) is 0 Å². The minimum atomic E-state index is 0.742. The van der Waals surface area contributed by atoms with Gasteiger partial charge in [0.2, 0.25) is 0 Å². The van der Waals surface area contributed by atoms with Crippen LogP contribution in [0.4, 0.5) is 5.69 Å². The van der Waals surface area contributed by atoms with E-state index in [1.54, 1.807) is 23.6 Å². The Morgan fingerprint density at radius 2 is 2.06 bits per heavy atom. The second-order valence-electron chi connectivity index (χ2n) is 3.74. The number of pyridine rings is 1. The zero-order chi connectivity index (χ0) is 11.8. The number of hydrogen-bond donors (Lipinski definition) is 1. The molecule has 0 aliphatic heterocycles. The number of nitrogens with two attached hydrogens (primary N) is 1. The minimum Gasteiger partial charge on any atom is -0.399 e. The third kappa shape index (κ3) is 1.94. The van der Waals surface area contributed by atoms with E-state index < -0.39 is 0 Å². The first-order chi connectivity index (χ1) is 8.24. The summed E-state index contributed by atoms with van der Waals surface area (Å²) in [5, 5.41) is 1.23. The summed E-state index contributed by atoms with van der Waals surface area (Å²) in [6, 6.07) is 12.0. The summed E-state index contributed by atoms with van der Waals surface area (Å²) in [4.78, 5) is 5.49. The lowest BCUT2D eigenvalue weighted by Gasteiger charge is -1.96. The van der Waals surface area contributed by atoms with Crippen molar-refractivity contribution >= 4 is 43.0 Å². The predicted molar refractivity (Wildman–Crippen MR) is 77.2 cm³/mol. The van der Waals surface area contributed by atoms with Gasteiger partial charge in [-0.2, -0.15) is 0 Å². The molecule has 0 aliphatic carbocycles. The molecule has 0 aliphatic rings. The van der Waals surface area contributed by atoms with Crippen LogP contribution in [0.3, 0.4) is 0 Å². The highest BCUT2D eigenvalue weighted by Gasteiger charge is 2.07. The average molecular weight is 305 g/mol. The molecule has 17 heavy (non-hydrogen) atoms. The van der Waals surface area contributed by atoms with Crippen LogP contribution in [-0.4, -0.2) is 4.98 Å². The topological polar surface area (TPSA) is 38.9 Å². The normalized spacial score (nSPS) is 10.9. The first kappa shape index (κ1) is 10.7. The Balaban J connectivity index is 2.22. The summed E-state index contributed by atoms with van der Waals surface area (Å²) in [6.45, 7) is 0. The van der Waals surface area contributed by atoms with Crippen molar-refractivity contribution < 1.29 is 0 Å². The molecule has 0 amide bonds. The number of thiophene rings is 1. The summed E-state index contributed by atoms with van der Waals surface area (Å²) < 4.78 is 2.36. The Morgan fingerprint density at radius 3 is 2.82 bits per heavy atom. The van der Waals surface area contributed by atoms with E-state index in [4.69, 9.17) is 5.73 Å². The van der Waals surface area contributed by atoms with Crippen LogP contribution in [-0.2, 0) is 0 Å². The van der Waals surface area contributed by atoms with Gasteiger partial charge in [-0.05, 0) is 45.6 Å². The van der Waals surface area contributed by atoms with E-state index in [0.717, 1.165) is 20.7 Å². The van der Waals surface area contributed by atoms with E-state index in [0.29, 0.717) is 0 Å². The summed E-state index contributed by atoms with van der Waals surface area (Å²) in [7, 11) is 0. The van der Waals surface area contributed by atoms with Crippen molar-refractivity contribution in [2.45, 2.75) is 0 Å². The van der Waals surface area contributed by atoms with Crippen molar-refractivity contribution in [1.82, 2.24) is 4.98 Å². The maximum atomic E-state index is 5.78. The molecule has 0 spiro atoms. The highest BCUT2D eigenvalue weighted by Crippen LogP contribution is 2.36. The van der Waals surface area contributed by atoms with Gasteiger partial charge in [0.15, 0.2) is 0 Å². The molecule has 84 valence electrons. The number of anilines is 1. The van der Waals surface area contributed by atoms with E-state index in [2.05, 4.69) is 39.1 Å². The molecule has 0 atom stereocenters. The smallest absolute Gasteiger partial charge is 0.0822 e. The van der Waals surface area contributed by atoms with E-state index >= 15 is 0 Å². The van der Waals surface area contributed by atoms with Crippen LogP contribution in [0.15, 0.2) is 47.1 Å². The maximum absolute atomic E-state index is 5.78. The lowest BCUT2D eigenvalue weighted by Crippen LogP contribution is -1.86. The number of hydrogen-bond acceptors (Lipinski definition) is 3. The summed E-state index contributed by atoms with van der Waals surface area (Å²) >= 11 is 5.28. The van der Waals surface area contributed by atoms with Gasteiger partial charge in [0.1, 0.15) is 0 Å². The van der Waals surface area contributed by atoms with Crippen molar-refractivity contribution in [1.29, 1.82) is 0 Å². The molecule has 2 heterocycles. The standard InChI is InChI=1S/C13H9BrN2S/c14-10-3-1-2-8-6-12(17-13(8)10)11-7-9(15)4-5-16-11/h1-7H,(H2,15,16). The molecule has 0 radical (unpaired) electrons. The Labute approximate surface area is 111 Å². The molecule has 3 aromatic rings. The molecule has 0 saturated heterocycles. The molecular formula is C13H9BrN2S. The summed E-state index contributed by atoms with van der Waals surface area (Å²) in [5.74, 6) is 0. The third-order valence-corrected chi connectivity index (χ3v) is 4.66. The Kier molecular flexibility index (Phi) is 2.61. The zero-order valence-corrected chi connectivity index (χ0v) is 11.3. The van der Waals surface area contributed by atoms with Gasteiger partial charge in [-0.15, -0.1) is 11.3 Å². The molecule has 4 heteroatoms. The molecule has 0 bridgehead atoms. The van der Waals surface area contributed by atoms with Gasteiger partial charge in [-0.25, -0.2) is 0 Å². The van der Waals surface area contributed by atoms with Crippen molar-refractivity contribution in [3.8, 4) is 10.6 Å². The number of halogens is 1. The Bertz CT molecular complexity index is 691. The van der Waals surface area contributed by atoms with Gasteiger partial charge < -0.3 is 5.73 Å².